The molecule has 0 saturated heterocycles. The van der Waals surface area contributed by atoms with Crippen LogP contribution in [0.15, 0.2) is 91.0 Å². The van der Waals surface area contributed by atoms with Gasteiger partial charge >= 0.3 is 0 Å². The molecular formula is C26H25N. The summed E-state index contributed by atoms with van der Waals surface area (Å²) in [5.41, 5.74) is 6.28. The van der Waals surface area contributed by atoms with E-state index in [1.54, 1.807) is 0 Å². The third-order valence-electron chi connectivity index (χ3n) is 5.04. The zero-order chi connectivity index (χ0) is 18.8. The van der Waals surface area contributed by atoms with Gasteiger partial charge in [-0.3, -0.25) is 0 Å². The first-order valence-corrected chi connectivity index (χ1v) is 9.57. The molecule has 1 heteroatoms. The Morgan fingerprint density at radius 3 is 2.11 bits per heavy atom. The fourth-order valence-corrected chi connectivity index (χ4v) is 3.80. The quantitative estimate of drug-likeness (QED) is 0.371. The second-order valence-corrected chi connectivity index (χ2v) is 7.38. The van der Waals surface area contributed by atoms with Crippen LogP contribution in [0.2, 0.25) is 0 Å². The van der Waals surface area contributed by atoms with Gasteiger partial charge in [0.1, 0.15) is 0 Å². The molecule has 4 rings (SSSR count). The highest BCUT2D eigenvalue weighted by atomic mass is 15.2. The maximum atomic E-state index is 2.39. The molecule has 0 radical (unpaired) electrons. The molecule has 4 aromatic carbocycles. The molecule has 0 N–H and O–H groups in total. The van der Waals surface area contributed by atoms with Crippen molar-refractivity contribution >= 4 is 22.1 Å². The molecule has 0 heterocycles. The van der Waals surface area contributed by atoms with Crippen LogP contribution in [0.4, 0.5) is 11.4 Å². The minimum absolute atomic E-state index is 0.384. The lowest BCUT2D eigenvalue weighted by Crippen LogP contribution is -2.25. The SMILES string of the molecule is Cc1cccc(N(c2ccc(-c3cccc4ccccc34)cc2)C(C)C)c1. The Labute approximate surface area is 161 Å². The largest absolute Gasteiger partial charge is 0.339 e. The van der Waals surface area contributed by atoms with Gasteiger partial charge in [-0.25, -0.2) is 0 Å². The second kappa shape index (κ2) is 7.28. The lowest BCUT2D eigenvalue weighted by atomic mass is 9.98. The van der Waals surface area contributed by atoms with Crippen LogP contribution in [-0.2, 0) is 0 Å². The van der Waals surface area contributed by atoms with Crippen LogP contribution < -0.4 is 4.90 Å². The predicted octanol–water partition coefficient (Wildman–Crippen LogP) is 7.36. The van der Waals surface area contributed by atoms with Gasteiger partial charge in [-0.05, 0) is 72.5 Å². The van der Waals surface area contributed by atoms with Gasteiger partial charge in [-0.1, -0.05) is 66.7 Å². The van der Waals surface area contributed by atoms with Crippen LogP contribution in [0.25, 0.3) is 21.9 Å². The van der Waals surface area contributed by atoms with Gasteiger partial charge < -0.3 is 4.90 Å². The molecule has 4 aromatic rings. The van der Waals surface area contributed by atoms with E-state index in [1.807, 2.05) is 0 Å². The number of fused-ring (bicyclic) bond motifs is 1. The van der Waals surface area contributed by atoms with Gasteiger partial charge in [-0.15, -0.1) is 0 Å². The number of anilines is 2. The van der Waals surface area contributed by atoms with Crippen molar-refractivity contribution in [2.45, 2.75) is 26.8 Å². The molecule has 27 heavy (non-hydrogen) atoms. The summed E-state index contributed by atoms with van der Waals surface area (Å²) in [4.78, 5) is 2.39. The van der Waals surface area contributed by atoms with Crippen LogP contribution in [0.5, 0.6) is 0 Å². The highest BCUT2D eigenvalue weighted by Gasteiger charge is 2.13. The van der Waals surface area contributed by atoms with Crippen molar-refractivity contribution in [2.24, 2.45) is 0 Å². The topological polar surface area (TPSA) is 3.24 Å². The molecule has 0 fully saturated rings. The number of rotatable bonds is 4. The summed E-state index contributed by atoms with van der Waals surface area (Å²) in [7, 11) is 0. The van der Waals surface area contributed by atoms with Crippen molar-refractivity contribution in [3.05, 3.63) is 96.6 Å². The van der Waals surface area contributed by atoms with Crippen LogP contribution in [0.3, 0.4) is 0 Å². The van der Waals surface area contributed by atoms with Gasteiger partial charge in [0, 0.05) is 17.4 Å². The molecule has 0 saturated carbocycles. The Morgan fingerprint density at radius 1 is 0.667 bits per heavy atom. The summed E-state index contributed by atoms with van der Waals surface area (Å²) in [5.74, 6) is 0. The van der Waals surface area contributed by atoms with E-state index in [-0.39, 0.29) is 0 Å². The minimum Gasteiger partial charge on any atom is -0.339 e. The monoisotopic (exact) mass is 351 g/mol. The van der Waals surface area contributed by atoms with Gasteiger partial charge in [0.25, 0.3) is 0 Å². The fraction of sp³-hybridized carbons (Fsp3) is 0.154. The van der Waals surface area contributed by atoms with E-state index in [0.717, 1.165) is 0 Å². The maximum Gasteiger partial charge on any atom is 0.0415 e. The Bertz CT molecular complexity index is 1060. The molecule has 0 amide bonds. The third-order valence-corrected chi connectivity index (χ3v) is 5.04. The van der Waals surface area contributed by atoms with E-state index in [1.165, 1.54) is 38.8 Å². The first-order valence-electron chi connectivity index (χ1n) is 9.57. The second-order valence-electron chi connectivity index (χ2n) is 7.38. The molecule has 0 aromatic heterocycles. The summed E-state index contributed by atoms with van der Waals surface area (Å²) < 4.78 is 0. The highest BCUT2D eigenvalue weighted by molar-refractivity contribution is 5.96. The van der Waals surface area contributed by atoms with E-state index in [2.05, 4.69) is 117 Å². The molecule has 134 valence electrons. The first-order chi connectivity index (χ1) is 13.1. The van der Waals surface area contributed by atoms with Crippen molar-refractivity contribution in [3.63, 3.8) is 0 Å². The molecule has 0 aliphatic carbocycles. The van der Waals surface area contributed by atoms with Gasteiger partial charge in [-0.2, -0.15) is 0 Å². The number of benzene rings is 4. The van der Waals surface area contributed by atoms with Crippen molar-refractivity contribution < 1.29 is 0 Å². The maximum absolute atomic E-state index is 2.39. The van der Waals surface area contributed by atoms with Gasteiger partial charge in [0.05, 0.1) is 0 Å². The van der Waals surface area contributed by atoms with Gasteiger partial charge in [0.2, 0.25) is 0 Å². The van der Waals surface area contributed by atoms with E-state index >= 15 is 0 Å². The first kappa shape index (κ1) is 17.4. The molecule has 0 bridgehead atoms. The average molecular weight is 351 g/mol. The Hall–Kier alpha value is -3.06. The number of hydrogen-bond acceptors (Lipinski definition) is 1. The molecule has 0 unspecified atom stereocenters. The summed E-state index contributed by atoms with van der Waals surface area (Å²) in [5, 5.41) is 2.58. The Balaban J connectivity index is 1.74. The smallest absolute Gasteiger partial charge is 0.0415 e. The Morgan fingerprint density at radius 2 is 1.37 bits per heavy atom. The van der Waals surface area contributed by atoms with E-state index < -0.39 is 0 Å². The van der Waals surface area contributed by atoms with E-state index in [4.69, 9.17) is 0 Å². The van der Waals surface area contributed by atoms with Crippen LogP contribution in [0.1, 0.15) is 19.4 Å². The van der Waals surface area contributed by atoms with E-state index in [0.29, 0.717) is 6.04 Å². The normalized spacial score (nSPS) is 11.1. The molecule has 0 aliphatic heterocycles. The van der Waals surface area contributed by atoms with E-state index in [9.17, 15) is 0 Å². The molecule has 0 spiro atoms. The van der Waals surface area contributed by atoms with Crippen molar-refractivity contribution in [1.29, 1.82) is 0 Å². The lowest BCUT2D eigenvalue weighted by molar-refractivity contribution is 0.788. The van der Waals surface area contributed by atoms with Crippen molar-refractivity contribution in [1.82, 2.24) is 0 Å². The van der Waals surface area contributed by atoms with Crippen LogP contribution in [0, 0.1) is 6.92 Å². The minimum atomic E-state index is 0.384. The predicted molar refractivity (Wildman–Crippen MR) is 118 cm³/mol. The fourth-order valence-electron chi connectivity index (χ4n) is 3.80. The van der Waals surface area contributed by atoms with Crippen molar-refractivity contribution in [2.75, 3.05) is 4.90 Å². The number of hydrogen-bond donors (Lipinski definition) is 0. The summed E-state index contributed by atoms with van der Waals surface area (Å²) in [6.45, 7) is 6.62. The molecule has 0 aliphatic rings. The summed E-state index contributed by atoms with van der Waals surface area (Å²) in [6.07, 6.45) is 0. The number of nitrogens with zero attached hydrogens (tertiary/aromatic N) is 1. The zero-order valence-corrected chi connectivity index (χ0v) is 16.2. The van der Waals surface area contributed by atoms with Crippen molar-refractivity contribution in [3.8, 4) is 11.1 Å². The zero-order valence-electron chi connectivity index (χ0n) is 16.2. The number of aryl methyl sites for hydroxylation is 1. The average Bonchev–Trinajstić information content (AvgIpc) is 2.68. The molecule has 1 nitrogen and oxygen atoms in total. The molecular weight excluding hydrogens is 326 g/mol. The summed E-state index contributed by atoms with van der Waals surface area (Å²) >= 11 is 0. The standard InChI is InChI=1S/C26H25N/c1-19(2)27(24-11-6-8-20(3)18-24)23-16-14-22(15-17-23)26-13-7-10-21-9-4-5-12-25(21)26/h4-19H,1-3H3. The molecule has 0 atom stereocenters. The third kappa shape index (κ3) is 3.46. The van der Waals surface area contributed by atoms with Crippen LogP contribution >= 0.6 is 0 Å². The highest BCUT2D eigenvalue weighted by Crippen LogP contribution is 2.33. The summed E-state index contributed by atoms with van der Waals surface area (Å²) in [6, 6.07) is 33.1. The lowest BCUT2D eigenvalue weighted by Gasteiger charge is -2.29. The Kier molecular flexibility index (Phi) is 4.68. The van der Waals surface area contributed by atoms with Gasteiger partial charge in [0.15, 0.2) is 0 Å². The van der Waals surface area contributed by atoms with Crippen LogP contribution in [-0.4, -0.2) is 6.04 Å².